The SMILES string of the molecule is COC(=O)c1c(C2CC2)nc(=O)[nH]c1C. The number of esters is 1. The summed E-state index contributed by atoms with van der Waals surface area (Å²) in [7, 11) is 1.32. The second kappa shape index (κ2) is 3.49. The number of H-pyrrole nitrogens is 1. The molecule has 1 N–H and O–H groups in total. The monoisotopic (exact) mass is 208 g/mol. The molecule has 1 aromatic heterocycles. The molecule has 1 aliphatic carbocycles. The minimum Gasteiger partial charge on any atom is -0.465 e. The summed E-state index contributed by atoms with van der Waals surface area (Å²) in [4.78, 5) is 29.1. The fourth-order valence-electron chi connectivity index (χ4n) is 1.62. The van der Waals surface area contributed by atoms with Gasteiger partial charge in [0.2, 0.25) is 0 Å². The molecule has 0 aliphatic heterocycles. The van der Waals surface area contributed by atoms with E-state index in [-0.39, 0.29) is 5.92 Å². The molecule has 0 amide bonds. The Bertz CT molecular complexity index is 460. The number of aromatic nitrogens is 2. The smallest absolute Gasteiger partial charge is 0.345 e. The molecule has 80 valence electrons. The van der Waals surface area contributed by atoms with E-state index in [2.05, 4.69) is 14.7 Å². The topological polar surface area (TPSA) is 72.0 Å². The van der Waals surface area contributed by atoms with Crippen LogP contribution in [0.1, 0.15) is 40.5 Å². The van der Waals surface area contributed by atoms with Crippen LogP contribution in [0.3, 0.4) is 0 Å². The van der Waals surface area contributed by atoms with Gasteiger partial charge in [-0.2, -0.15) is 4.98 Å². The maximum absolute atomic E-state index is 11.5. The Hall–Kier alpha value is -1.65. The minimum atomic E-state index is -0.432. The molecule has 1 fully saturated rings. The van der Waals surface area contributed by atoms with E-state index >= 15 is 0 Å². The number of aromatic amines is 1. The predicted molar refractivity (Wildman–Crippen MR) is 52.9 cm³/mol. The predicted octanol–water partition coefficient (Wildman–Crippen LogP) is 0.742. The van der Waals surface area contributed by atoms with Crippen molar-refractivity contribution in [2.24, 2.45) is 0 Å². The Kier molecular flexibility index (Phi) is 2.30. The van der Waals surface area contributed by atoms with E-state index < -0.39 is 11.7 Å². The molecule has 1 aromatic rings. The number of hydrogen-bond acceptors (Lipinski definition) is 4. The Morgan fingerprint density at radius 2 is 2.20 bits per heavy atom. The van der Waals surface area contributed by atoms with Crippen LogP contribution in [0.25, 0.3) is 0 Å². The average molecular weight is 208 g/mol. The molecule has 15 heavy (non-hydrogen) atoms. The zero-order chi connectivity index (χ0) is 11.0. The summed E-state index contributed by atoms with van der Waals surface area (Å²) in [5.41, 5.74) is 1.13. The molecule has 0 saturated heterocycles. The first-order chi connectivity index (χ1) is 7.13. The molecule has 1 saturated carbocycles. The van der Waals surface area contributed by atoms with Gasteiger partial charge >= 0.3 is 11.7 Å². The summed E-state index contributed by atoms with van der Waals surface area (Å²) >= 11 is 0. The molecule has 0 unspecified atom stereocenters. The second-order valence-corrected chi connectivity index (χ2v) is 3.69. The van der Waals surface area contributed by atoms with Crippen molar-refractivity contribution in [3.8, 4) is 0 Å². The standard InChI is InChI=1S/C10H12N2O3/c1-5-7(9(13)15-2)8(6-3-4-6)12-10(14)11-5/h6H,3-4H2,1-2H3,(H,11,12,14). The largest absolute Gasteiger partial charge is 0.465 e. The Labute approximate surface area is 86.5 Å². The first kappa shape index (κ1) is 9.89. The van der Waals surface area contributed by atoms with Crippen molar-refractivity contribution < 1.29 is 9.53 Å². The van der Waals surface area contributed by atoms with Gasteiger partial charge in [0.25, 0.3) is 0 Å². The molecule has 5 nitrogen and oxygen atoms in total. The summed E-state index contributed by atoms with van der Waals surface area (Å²) in [5, 5.41) is 0. The summed E-state index contributed by atoms with van der Waals surface area (Å²) in [5.74, 6) is -0.182. The number of nitrogens with one attached hydrogen (secondary N) is 1. The molecule has 0 atom stereocenters. The van der Waals surface area contributed by atoms with E-state index in [0.29, 0.717) is 17.0 Å². The van der Waals surface area contributed by atoms with E-state index in [1.165, 1.54) is 7.11 Å². The van der Waals surface area contributed by atoms with E-state index in [1.54, 1.807) is 6.92 Å². The quantitative estimate of drug-likeness (QED) is 0.727. The van der Waals surface area contributed by atoms with Crippen molar-refractivity contribution in [3.63, 3.8) is 0 Å². The van der Waals surface area contributed by atoms with Crippen molar-refractivity contribution in [1.82, 2.24) is 9.97 Å². The van der Waals surface area contributed by atoms with Gasteiger partial charge < -0.3 is 9.72 Å². The number of carbonyl (C=O) groups excluding carboxylic acids is 1. The van der Waals surface area contributed by atoms with Gasteiger partial charge in [0, 0.05) is 11.6 Å². The van der Waals surface area contributed by atoms with E-state index in [9.17, 15) is 9.59 Å². The fourth-order valence-corrected chi connectivity index (χ4v) is 1.62. The van der Waals surface area contributed by atoms with Gasteiger partial charge in [-0.3, -0.25) is 0 Å². The lowest BCUT2D eigenvalue weighted by atomic mass is 10.1. The second-order valence-electron chi connectivity index (χ2n) is 3.69. The number of carbonyl (C=O) groups is 1. The Morgan fingerprint density at radius 1 is 1.53 bits per heavy atom. The average Bonchev–Trinajstić information content (AvgIpc) is 2.98. The van der Waals surface area contributed by atoms with Gasteiger partial charge in [-0.1, -0.05) is 0 Å². The molecule has 0 aromatic carbocycles. The summed E-state index contributed by atoms with van der Waals surface area (Å²) in [6.45, 7) is 1.68. The van der Waals surface area contributed by atoms with Gasteiger partial charge in [0.05, 0.1) is 12.8 Å². The fraction of sp³-hybridized carbons (Fsp3) is 0.500. The highest BCUT2D eigenvalue weighted by molar-refractivity contribution is 5.91. The van der Waals surface area contributed by atoms with Crippen molar-refractivity contribution >= 4 is 5.97 Å². The summed E-state index contributed by atoms with van der Waals surface area (Å²) in [6, 6.07) is 0. The number of aryl methyl sites for hydroxylation is 1. The van der Waals surface area contributed by atoms with Crippen molar-refractivity contribution in [1.29, 1.82) is 0 Å². The van der Waals surface area contributed by atoms with Crippen molar-refractivity contribution in [3.05, 3.63) is 27.4 Å². The van der Waals surface area contributed by atoms with Gasteiger partial charge in [-0.25, -0.2) is 9.59 Å². The van der Waals surface area contributed by atoms with Crippen LogP contribution in [0.5, 0.6) is 0 Å². The lowest BCUT2D eigenvalue weighted by molar-refractivity contribution is 0.0597. The number of rotatable bonds is 2. The first-order valence-electron chi connectivity index (χ1n) is 4.82. The minimum absolute atomic E-state index is 0.250. The zero-order valence-electron chi connectivity index (χ0n) is 8.66. The molecule has 0 bridgehead atoms. The molecule has 5 heteroatoms. The maximum atomic E-state index is 11.5. The van der Waals surface area contributed by atoms with Crippen LogP contribution in [0.15, 0.2) is 4.79 Å². The van der Waals surface area contributed by atoms with Gasteiger partial charge in [0.1, 0.15) is 5.56 Å². The van der Waals surface area contributed by atoms with Crippen molar-refractivity contribution in [2.45, 2.75) is 25.7 Å². The van der Waals surface area contributed by atoms with E-state index in [4.69, 9.17) is 0 Å². The number of methoxy groups -OCH3 is 1. The number of hydrogen-bond donors (Lipinski definition) is 1. The molecular formula is C10H12N2O3. The first-order valence-corrected chi connectivity index (χ1v) is 4.82. The maximum Gasteiger partial charge on any atom is 0.345 e. The Balaban J connectivity index is 2.58. The van der Waals surface area contributed by atoms with Crippen LogP contribution in [-0.4, -0.2) is 23.0 Å². The highest BCUT2D eigenvalue weighted by atomic mass is 16.5. The van der Waals surface area contributed by atoms with Crippen LogP contribution in [0, 0.1) is 6.92 Å². The molecule has 0 spiro atoms. The highest BCUT2D eigenvalue weighted by Crippen LogP contribution is 2.40. The highest BCUT2D eigenvalue weighted by Gasteiger charge is 2.31. The lowest BCUT2D eigenvalue weighted by Crippen LogP contribution is -2.20. The summed E-state index contributed by atoms with van der Waals surface area (Å²) in [6.07, 6.45) is 1.97. The van der Waals surface area contributed by atoms with Gasteiger partial charge in [-0.15, -0.1) is 0 Å². The lowest BCUT2D eigenvalue weighted by Gasteiger charge is -2.07. The third-order valence-corrected chi connectivity index (χ3v) is 2.50. The number of ether oxygens (including phenoxy) is 1. The van der Waals surface area contributed by atoms with Crippen molar-refractivity contribution in [2.75, 3.05) is 7.11 Å². The van der Waals surface area contributed by atoms with Crippen LogP contribution >= 0.6 is 0 Å². The molecule has 1 heterocycles. The normalized spacial score (nSPS) is 15.1. The van der Waals surface area contributed by atoms with Crippen LogP contribution in [0.2, 0.25) is 0 Å². The summed E-state index contributed by atoms with van der Waals surface area (Å²) < 4.78 is 4.67. The zero-order valence-corrected chi connectivity index (χ0v) is 8.66. The third kappa shape index (κ3) is 1.77. The van der Waals surface area contributed by atoms with Gasteiger partial charge in [0.15, 0.2) is 0 Å². The molecular weight excluding hydrogens is 196 g/mol. The van der Waals surface area contributed by atoms with Gasteiger partial charge in [-0.05, 0) is 19.8 Å². The van der Waals surface area contributed by atoms with E-state index in [1.807, 2.05) is 0 Å². The third-order valence-electron chi connectivity index (χ3n) is 2.50. The Morgan fingerprint density at radius 3 is 2.73 bits per heavy atom. The number of nitrogens with zero attached hydrogens (tertiary/aromatic N) is 1. The van der Waals surface area contributed by atoms with Crippen LogP contribution in [0.4, 0.5) is 0 Å². The molecule has 0 radical (unpaired) electrons. The van der Waals surface area contributed by atoms with Crippen LogP contribution < -0.4 is 5.69 Å². The molecule has 2 rings (SSSR count). The molecule has 1 aliphatic rings. The van der Waals surface area contributed by atoms with E-state index in [0.717, 1.165) is 12.8 Å². The van der Waals surface area contributed by atoms with Crippen LogP contribution in [-0.2, 0) is 4.74 Å².